The third-order valence-corrected chi connectivity index (χ3v) is 1.98. The fraction of sp³-hybridized carbons (Fsp3) is 0.125. The SMILES string of the molecule is Cc1cc(F)cc(C#N)c1S. The van der Waals surface area contributed by atoms with Crippen LogP contribution in [0.4, 0.5) is 4.39 Å². The van der Waals surface area contributed by atoms with E-state index >= 15 is 0 Å². The van der Waals surface area contributed by atoms with Crippen LogP contribution in [0.2, 0.25) is 0 Å². The quantitative estimate of drug-likeness (QED) is 0.589. The summed E-state index contributed by atoms with van der Waals surface area (Å²) in [5.74, 6) is -0.392. The smallest absolute Gasteiger partial charge is 0.124 e. The van der Waals surface area contributed by atoms with Crippen molar-refractivity contribution in [3.63, 3.8) is 0 Å². The maximum absolute atomic E-state index is 12.6. The summed E-state index contributed by atoms with van der Waals surface area (Å²) in [6, 6.07) is 4.39. The topological polar surface area (TPSA) is 23.8 Å². The Morgan fingerprint density at radius 3 is 2.73 bits per heavy atom. The second-order valence-corrected chi connectivity index (χ2v) is 2.68. The zero-order valence-corrected chi connectivity index (χ0v) is 6.82. The third-order valence-electron chi connectivity index (χ3n) is 1.39. The van der Waals surface area contributed by atoms with Crippen molar-refractivity contribution in [2.24, 2.45) is 0 Å². The Morgan fingerprint density at radius 2 is 2.18 bits per heavy atom. The molecule has 0 N–H and O–H groups in total. The molecule has 11 heavy (non-hydrogen) atoms. The minimum absolute atomic E-state index is 0.283. The van der Waals surface area contributed by atoms with Gasteiger partial charge in [-0.2, -0.15) is 5.26 Å². The second kappa shape index (κ2) is 2.93. The van der Waals surface area contributed by atoms with Crippen molar-refractivity contribution in [1.82, 2.24) is 0 Å². The van der Waals surface area contributed by atoms with Gasteiger partial charge in [-0.15, -0.1) is 12.6 Å². The Kier molecular flexibility index (Phi) is 2.16. The molecule has 0 saturated carbocycles. The van der Waals surface area contributed by atoms with Crippen molar-refractivity contribution in [1.29, 1.82) is 5.26 Å². The van der Waals surface area contributed by atoms with Crippen LogP contribution in [0, 0.1) is 24.1 Å². The monoisotopic (exact) mass is 167 g/mol. The minimum atomic E-state index is -0.392. The summed E-state index contributed by atoms with van der Waals surface area (Å²) in [5, 5.41) is 8.50. The molecule has 0 radical (unpaired) electrons. The molecule has 0 unspecified atom stereocenters. The summed E-state index contributed by atoms with van der Waals surface area (Å²) in [6.07, 6.45) is 0. The van der Waals surface area contributed by atoms with E-state index in [0.717, 1.165) is 0 Å². The molecule has 1 nitrogen and oxygen atoms in total. The number of benzene rings is 1. The van der Waals surface area contributed by atoms with Gasteiger partial charge in [0.2, 0.25) is 0 Å². The van der Waals surface area contributed by atoms with Gasteiger partial charge in [-0.3, -0.25) is 0 Å². The molecular weight excluding hydrogens is 161 g/mol. The fourth-order valence-electron chi connectivity index (χ4n) is 0.821. The fourth-order valence-corrected chi connectivity index (χ4v) is 1.000. The number of nitrogens with zero attached hydrogens (tertiary/aromatic N) is 1. The number of hydrogen-bond donors (Lipinski definition) is 1. The van der Waals surface area contributed by atoms with E-state index in [0.29, 0.717) is 10.5 Å². The normalized spacial score (nSPS) is 9.27. The van der Waals surface area contributed by atoms with E-state index in [1.807, 2.05) is 6.07 Å². The second-order valence-electron chi connectivity index (χ2n) is 2.23. The lowest BCUT2D eigenvalue weighted by Crippen LogP contribution is -1.85. The van der Waals surface area contributed by atoms with Gasteiger partial charge in [0, 0.05) is 4.90 Å². The molecule has 0 aliphatic carbocycles. The van der Waals surface area contributed by atoms with Crippen LogP contribution in [-0.2, 0) is 0 Å². The molecule has 0 amide bonds. The summed E-state index contributed by atoms with van der Waals surface area (Å²) in [6.45, 7) is 1.71. The van der Waals surface area contributed by atoms with Crippen LogP contribution < -0.4 is 0 Å². The maximum atomic E-state index is 12.6. The Bertz CT molecular complexity index is 328. The van der Waals surface area contributed by atoms with Gasteiger partial charge in [0.25, 0.3) is 0 Å². The molecule has 1 aromatic carbocycles. The highest BCUT2D eigenvalue weighted by atomic mass is 32.1. The van der Waals surface area contributed by atoms with E-state index in [-0.39, 0.29) is 5.56 Å². The lowest BCUT2D eigenvalue weighted by molar-refractivity contribution is 0.624. The molecule has 0 aromatic heterocycles. The highest BCUT2D eigenvalue weighted by Crippen LogP contribution is 2.18. The zero-order valence-electron chi connectivity index (χ0n) is 5.93. The average Bonchev–Trinajstić information content (AvgIpc) is 1.96. The van der Waals surface area contributed by atoms with Crippen LogP contribution in [0.3, 0.4) is 0 Å². The standard InChI is InChI=1S/C8H6FNS/c1-5-2-7(9)3-6(4-10)8(5)11/h2-3,11H,1H3. The lowest BCUT2D eigenvalue weighted by Gasteiger charge is -1.99. The van der Waals surface area contributed by atoms with Gasteiger partial charge >= 0.3 is 0 Å². The van der Waals surface area contributed by atoms with E-state index < -0.39 is 5.82 Å². The van der Waals surface area contributed by atoms with Crippen molar-refractivity contribution in [2.75, 3.05) is 0 Å². The Hall–Kier alpha value is -1.01. The Balaban J connectivity index is 3.39. The van der Waals surface area contributed by atoms with Crippen LogP contribution in [0.1, 0.15) is 11.1 Å². The summed E-state index contributed by atoms with van der Waals surface area (Å²) in [7, 11) is 0. The molecule has 0 spiro atoms. The first-order valence-electron chi connectivity index (χ1n) is 3.04. The largest absolute Gasteiger partial charge is 0.207 e. The van der Waals surface area contributed by atoms with Gasteiger partial charge in [-0.1, -0.05) is 0 Å². The lowest BCUT2D eigenvalue weighted by atomic mass is 10.1. The first-order valence-corrected chi connectivity index (χ1v) is 3.49. The predicted octanol–water partition coefficient (Wildman–Crippen LogP) is 2.29. The number of aryl methyl sites for hydroxylation is 1. The summed E-state index contributed by atoms with van der Waals surface area (Å²) < 4.78 is 12.6. The molecule has 3 heteroatoms. The van der Waals surface area contributed by atoms with E-state index in [9.17, 15) is 4.39 Å². The van der Waals surface area contributed by atoms with E-state index in [2.05, 4.69) is 12.6 Å². The van der Waals surface area contributed by atoms with Gasteiger partial charge < -0.3 is 0 Å². The van der Waals surface area contributed by atoms with Crippen molar-refractivity contribution >= 4 is 12.6 Å². The zero-order chi connectivity index (χ0) is 8.43. The van der Waals surface area contributed by atoms with Crippen LogP contribution in [0.15, 0.2) is 17.0 Å². The van der Waals surface area contributed by atoms with Gasteiger partial charge in [-0.25, -0.2) is 4.39 Å². The van der Waals surface area contributed by atoms with Crippen LogP contribution in [-0.4, -0.2) is 0 Å². The number of rotatable bonds is 0. The molecular formula is C8H6FNS. The van der Waals surface area contributed by atoms with Gasteiger partial charge in [0.05, 0.1) is 5.56 Å². The molecule has 1 rings (SSSR count). The average molecular weight is 167 g/mol. The van der Waals surface area contributed by atoms with Crippen LogP contribution >= 0.6 is 12.6 Å². The molecule has 1 aromatic rings. The minimum Gasteiger partial charge on any atom is -0.207 e. The third kappa shape index (κ3) is 1.52. The van der Waals surface area contributed by atoms with E-state index in [4.69, 9.17) is 5.26 Å². The Labute approximate surface area is 69.9 Å². The summed E-state index contributed by atoms with van der Waals surface area (Å²) in [5.41, 5.74) is 0.968. The van der Waals surface area contributed by atoms with Gasteiger partial charge in [0.15, 0.2) is 0 Å². The van der Waals surface area contributed by atoms with Crippen molar-refractivity contribution in [3.05, 3.63) is 29.1 Å². The highest BCUT2D eigenvalue weighted by molar-refractivity contribution is 7.80. The summed E-state index contributed by atoms with van der Waals surface area (Å²) in [4.78, 5) is 0.550. The Morgan fingerprint density at radius 1 is 1.55 bits per heavy atom. The van der Waals surface area contributed by atoms with Crippen LogP contribution in [0.5, 0.6) is 0 Å². The first kappa shape index (κ1) is 8.09. The molecule has 0 fully saturated rings. The molecule has 56 valence electrons. The molecule has 0 bridgehead atoms. The summed E-state index contributed by atoms with van der Waals surface area (Å²) >= 11 is 4.05. The molecule has 0 saturated heterocycles. The number of thiol groups is 1. The number of nitriles is 1. The predicted molar refractivity (Wildman–Crippen MR) is 43.1 cm³/mol. The van der Waals surface area contributed by atoms with Crippen molar-refractivity contribution in [3.8, 4) is 6.07 Å². The van der Waals surface area contributed by atoms with E-state index in [1.54, 1.807) is 6.92 Å². The van der Waals surface area contributed by atoms with Gasteiger partial charge in [-0.05, 0) is 24.6 Å². The molecule has 0 heterocycles. The van der Waals surface area contributed by atoms with E-state index in [1.165, 1.54) is 12.1 Å². The first-order chi connectivity index (χ1) is 5.15. The number of hydrogen-bond acceptors (Lipinski definition) is 2. The van der Waals surface area contributed by atoms with Crippen molar-refractivity contribution in [2.45, 2.75) is 11.8 Å². The van der Waals surface area contributed by atoms with Crippen molar-refractivity contribution < 1.29 is 4.39 Å². The number of halogens is 1. The highest BCUT2D eigenvalue weighted by Gasteiger charge is 2.03. The maximum Gasteiger partial charge on any atom is 0.124 e. The molecule has 0 aliphatic heterocycles. The van der Waals surface area contributed by atoms with Gasteiger partial charge in [0.1, 0.15) is 11.9 Å². The molecule has 0 atom stereocenters. The van der Waals surface area contributed by atoms with Crippen LogP contribution in [0.25, 0.3) is 0 Å². The molecule has 0 aliphatic rings.